The number of thiazole rings is 1. The molecular weight excluding hydrogens is 474 g/mol. The smallest absolute Gasteiger partial charge is 0.269 e. The van der Waals surface area contributed by atoms with Crippen LogP contribution in [0.2, 0.25) is 0 Å². The molecule has 0 fully saturated rings. The Labute approximate surface area is 207 Å². The summed E-state index contributed by atoms with van der Waals surface area (Å²) in [5, 5.41) is 11.5. The third kappa shape index (κ3) is 6.06. The second-order valence-electron chi connectivity index (χ2n) is 7.48. The van der Waals surface area contributed by atoms with Crippen molar-refractivity contribution in [3.05, 3.63) is 88.5 Å². The van der Waals surface area contributed by atoms with Gasteiger partial charge in [0, 0.05) is 43.7 Å². The molecule has 0 unspecified atom stereocenters. The molecule has 0 radical (unpaired) electrons. The van der Waals surface area contributed by atoms with Gasteiger partial charge in [0.2, 0.25) is 0 Å². The molecule has 0 N–H and O–H groups in total. The summed E-state index contributed by atoms with van der Waals surface area (Å²) in [4.78, 5) is 34.0. The number of carbonyl (C=O) groups is 1. The first-order valence-electron chi connectivity index (χ1n) is 10.6. The molecule has 34 heavy (non-hydrogen) atoms. The van der Waals surface area contributed by atoms with Crippen molar-refractivity contribution >= 4 is 56.8 Å². The van der Waals surface area contributed by atoms with Crippen molar-refractivity contribution in [2.75, 3.05) is 11.4 Å². The number of aromatic nitrogens is 3. The highest BCUT2D eigenvalue weighted by Gasteiger charge is 2.18. The number of benzene rings is 2. The number of aryl methyl sites for hydroxylation is 2. The van der Waals surface area contributed by atoms with Crippen molar-refractivity contribution in [2.45, 2.75) is 26.3 Å². The molecule has 10 heteroatoms. The van der Waals surface area contributed by atoms with Crippen LogP contribution >= 0.6 is 23.7 Å². The molecule has 4 rings (SSSR count). The van der Waals surface area contributed by atoms with Gasteiger partial charge in [0.1, 0.15) is 0 Å². The minimum Gasteiger partial charge on any atom is -0.337 e. The van der Waals surface area contributed by atoms with Gasteiger partial charge in [0.05, 0.1) is 21.5 Å². The van der Waals surface area contributed by atoms with E-state index in [1.807, 2.05) is 16.8 Å². The number of rotatable bonds is 9. The van der Waals surface area contributed by atoms with Crippen molar-refractivity contribution in [2.24, 2.45) is 0 Å². The quantitative estimate of drug-likeness (QED) is 0.172. The Kier molecular flexibility index (Phi) is 8.50. The molecule has 0 aliphatic carbocycles. The van der Waals surface area contributed by atoms with E-state index in [-0.39, 0.29) is 24.0 Å². The molecule has 2 aromatic heterocycles. The van der Waals surface area contributed by atoms with E-state index >= 15 is 0 Å². The average molecular weight is 498 g/mol. The van der Waals surface area contributed by atoms with Crippen LogP contribution in [0, 0.1) is 10.1 Å². The van der Waals surface area contributed by atoms with Crippen LogP contribution in [-0.2, 0) is 17.8 Å². The topological polar surface area (TPSA) is 94.2 Å². The van der Waals surface area contributed by atoms with Gasteiger partial charge in [-0.1, -0.05) is 24.3 Å². The number of fused-ring (bicyclic) bond motifs is 1. The van der Waals surface area contributed by atoms with E-state index in [0.29, 0.717) is 17.2 Å². The fourth-order valence-electron chi connectivity index (χ4n) is 3.39. The maximum Gasteiger partial charge on any atom is 0.269 e. The minimum absolute atomic E-state index is 0. The SMILES string of the molecule is CCc1ccc2nc(N(CCCn3ccnc3)C(=O)/C=C/c3ccc([N+](=O)[O-])cc3)sc2c1.Cl. The van der Waals surface area contributed by atoms with Gasteiger partial charge < -0.3 is 4.57 Å². The number of nitrogens with zero attached hydrogens (tertiary/aromatic N) is 5. The van der Waals surface area contributed by atoms with Gasteiger partial charge in [0.25, 0.3) is 11.6 Å². The van der Waals surface area contributed by atoms with Crippen LogP contribution in [0.1, 0.15) is 24.5 Å². The summed E-state index contributed by atoms with van der Waals surface area (Å²) in [5.41, 5.74) is 2.83. The van der Waals surface area contributed by atoms with Gasteiger partial charge in [-0.3, -0.25) is 19.8 Å². The van der Waals surface area contributed by atoms with Crippen LogP contribution in [0.5, 0.6) is 0 Å². The van der Waals surface area contributed by atoms with Crippen LogP contribution in [0.3, 0.4) is 0 Å². The van der Waals surface area contributed by atoms with E-state index in [1.165, 1.54) is 35.1 Å². The third-order valence-electron chi connectivity index (χ3n) is 5.23. The number of non-ortho nitro benzene ring substituents is 1. The predicted molar refractivity (Wildman–Crippen MR) is 138 cm³/mol. The first-order chi connectivity index (χ1) is 16.0. The molecule has 1 amide bonds. The summed E-state index contributed by atoms with van der Waals surface area (Å²) in [7, 11) is 0. The van der Waals surface area contributed by atoms with Gasteiger partial charge in [-0.25, -0.2) is 9.97 Å². The molecule has 4 aromatic rings. The van der Waals surface area contributed by atoms with Crippen LogP contribution < -0.4 is 4.90 Å². The fraction of sp³-hybridized carbons (Fsp3) is 0.208. The van der Waals surface area contributed by atoms with E-state index in [2.05, 4.69) is 24.0 Å². The summed E-state index contributed by atoms with van der Waals surface area (Å²) >= 11 is 1.50. The molecule has 0 bridgehead atoms. The number of nitro benzene ring substituents is 1. The Hall–Kier alpha value is -3.56. The highest BCUT2D eigenvalue weighted by Crippen LogP contribution is 2.30. The average Bonchev–Trinajstić information content (AvgIpc) is 3.49. The highest BCUT2D eigenvalue weighted by molar-refractivity contribution is 7.22. The molecule has 2 heterocycles. The zero-order chi connectivity index (χ0) is 23.2. The van der Waals surface area contributed by atoms with Crippen LogP contribution in [0.15, 0.2) is 67.3 Å². The zero-order valence-corrected chi connectivity index (χ0v) is 20.2. The van der Waals surface area contributed by atoms with Crippen LogP contribution in [-0.4, -0.2) is 31.9 Å². The maximum absolute atomic E-state index is 13.2. The van der Waals surface area contributed by atoms with E-state index in [9.17, 15) is 14.9 Å². The third-order valence-corrected chi connectivity index (χ3v) is 6.27. The summed E-state index contributed by atoms with van der Waals surface area (Å²) in [6, 6.07) is 12.3. The Morgan fingerprint density at radius 1 is 1.24 bits per heavy atom. The van der Waals surface area contributed by atoms with Gasteiger partial charge in [-0.05, 0) is 54.3 Å². The molecule has 8 nitrogen and oxygen atoms in total. The van der Waals surface area contributed by atoms with Gasteiger partial charge in [0.15, 0.2) is 5.13 Å². The largest absolute Gasteiger partial charge is 0.337 e. The standard InChI is InChI=1S/C24H23N5O3S.ClH/c1-2-18-6-10-21-22(16-18)33-24(26-21)28(14-3-13-27-15-12-25-17-27)23(30)11-7-19-4-8-20(9-5-19)29(31)32;/h4-12,15-17H,2-3,13-14H2,1H3;1H/b11-7+;. The summed E-state index contributed by atoms with van der Waals surface area (Å²) in [5.74, 6) is -0.186. The number of imidazole rings is 1. The Morgan fingerprint density at radius 3 is 2.71 bits per heavy atom. The summed E-state index contributed by atoms with van der Waals surface area (Å²) in [6.45, 7) is 3.35. The summed E-state index contributed by atoms with van der Waals surface area (Å²) < 4.78 is 3.03. The Morgan fingerprint density at radius 2 is 2.03 bits per heavy atom. The lowest BCUT2D eigenvalue weighted by molar-refractivity contribution is -0.384. The second kappa shape index (κ2) is 11.5. The molecule has 0 aliphatic rings. The molecule has 176 valence electrons. The van der Waals surface area contributed by atoms with E-state index < -0.39 is 4.92 Å². The van der Waals surface area contributed by atoms with Gasteiger partial charge in [-0.2, -0.15) is 0 Å². The predicted octanol–water partition coefficient (Wildman–Crippen LogP) is 5.52. The molecular formula is C24H24ClN5O3S. The monoisotopic (exact) mass is 497 g/mol. The van der Waals surface area contributed by atoms with Crippen molar-refractivity contribution in [3.8, 4) is 0 Å². The highest BCUT2D eigenvalue weighted by atomic mass is 35.5. The lowest BCUT2D eigenvalue weighted by Crippen LogP contribution is -2.30. The lowest BCUT2D eigenvalue weighted by Gasteiger charge is -2.18. The Bertz CT molecular complexity index is 1290. The molecule has 0 saturated heterocycles. The first kappa shape index (κ1) is 25.1. The van der Waals surface area contributed by atoms with Crippen molar-refractivity contribution in [3.63, 3.8) is 0 Å². The van der Waals surface area contributed by atoms with Crippen molar-refractivity contribution in [1.82, 2.24) is 14.5 Å². The molecule has 0 saturated carbocycles. The van der Waals surface area contributed by atoms with Gasteiger partial charge >= 0.3 is 0 Å². The Balaban J connectivity index is 0.00000324. The van der Waals surface area contributed by atoms with Gasteiger partial charge in [-0.15, -0.1) is 12.4 Å². The van der Waals surface area contributed by atoms with E-state index in [1.54, 1.807) is 35.6 Å². The fourth-order valence-corrected chi connectivity index (χ4v) is 4.45. The number of carbonyl (C=O) groups excluding carboxylic acids is 1. The number of nitro groups is 1. The van der Waals surface area contributed by atoms with Crippen LogP contribution in [0.25, 0.3) is 16.3 Å². The van der Waals surface area contributed by atoms with E-state index in [4.69, 9.17) is 4.98 Å². The number of hydrogen-bond donors (Lipinski definition) is 0. The molecule has 0 atom stereocenters. The normalized spacial score (nSPS) is 11.0. The molecule has 0 aliphatic heterocycles. The second-order valence-corrected chi connectivity index (χ2v) is 8.49. The lowest BCUT2D eigenvalue weighted by atomic mass is 10.2. The zero-order valence-electron chi connectivity index (χ0n) is 18.5. The number of anilines is 1. The maximum atomic E-state index is 13.2. The summed E-state index contributed by atoms with van der Waals surface area (Å²) in [6.07, 6.45) is 10.2. The van der Waals surface area contributed by atoms with Crippen molar-refractivity contribution < 1.29 is 9.72 Å². The van der Waals surface area contributed by atoms with Crippen LogP contribution in [0.4, 0.5) is 10.8 Å². The number of hydrogen-bond acceptors (Lipinski definition) is 6. The molecule has 0 spiro atoms. The van der Waals surface area contributed by atoms with E-state index in [0.717, 1.165) is 29.6 Å². The molecule has 2 aromatic carbocycles. The number of halogens is 1. The minimum atomic E-state index is -0.447. The first-order valence-corrected chi connectivity index (χ1v) is 11.4. The van der Waals surface area contributed by atoms with Crippen molar-refractivity contribution in [1.29, 1.82) is 0 Å². The number of amides is 1.